The third-order valence-electron chi connectivity index (χ3n) is 3.25. The molecule has 0 radical (unpaired) electrons. The van der Waals surface area contributed by atoms with Crippen LogP contribution < -0.4 is 4.90 Å². The van der Waals surface area contributed by atoms with E-state index in [1.165, 1.54) is 11.3 Å². The van der Waals surface area contributed by atoms with E-state index in [4.69, 9.17) is 16.7 Å². The Bertz CT molecular complexity index is 375. The van der Waals surface area contributed by atoms with Crippen LogP contribution in [-0.4, -0.2) is 48.2 Å². The van der Waals surface area contributed by atoms with Gasteiger partial charge in [-0.25, -0.2) is 4.98 Å². The average Bonchev–Trinajstić information content (AvgIpc) is 2.70. The minimum Gasteiger partial charge on any atom is -0.391 e. The largest absolute Gasteiger partial charge is 0.391 e. The Morgan fingerprint density at radius 1 is 1.47 bits per heavy atom. The number of aliphatic hydroxyl groups excluding tert-OH is 1. The fourth-order valence-electron chi connectivity index (χ4n) is 2.13. The topological polar surface area (TPSA) is 39.6 Å². The summed E-state index contributed by atoms with van der Waals surface area (Å²) in [7, 11) is 4.26. The van der Waals surface area contributed by atoms with Crippen LogP contribution in [0, 0.1) is 0 Å². The first-order chi connectivity index (χ1) is 8.11. The van der Waals surface area contributed by atoms with Gasteiger partial charge in [0.2, 0.25) is 0 Å². The monoisotopic (exact) mass is 275 g/mol. The van der Waals surface area contributed by atoms with E-state index in [2.05, 4.69) is 28.9 Å². The highest BCUT2D eigenvalue weighted by Crippen LogP contribution is 2.31. The first kappa shape index (κ1) is 13.1. The molecule has 0 aliphatic carbocycles. The van der Waals surface area contributed by atoms with Gasteiger partial charge < -0.3 is 14.9 Å². The number of halogens is 1. The molecule has 0 saturated carbocycles. The predicted octanol–water partition coefficient (Wildman–Crippen LogP) is 1.82. The average molecular weight is 276 g/mol. The van der Waals surface area contributed by atoms with Gasteiger partial charge in [0.15, 0.2) is 5.13 Å². The van der Waals surface area contributed by atoms with E-state index in [1.807, 2.05) is 0 Å². The number of hydrogen-bond donors (Lipinski definition) is 1. The molecule has 1 fully saturated rings. The Morgan fingerprint density at radius 3 is 2.59 bits per heavy atom. The summed E-state index contributed by atoms with van der Waals surface area (Å²) in [6, 6.07) is 0.666. The van der Waals surface area contributed by atoms with Gasteiger partial charge in [-0.15, -0.1) is 0 Å². The van der Waals surface area contributed by atoms with Crippen molar-refractivity contribution in [2.75, 3.05) is 32.1 Å². The first-order valence-electron chi connectivity index (χ1n) is 5.79. The zero-order valence-corrected chi connectivity index (χ0v) is 11.8. The number of thiazole rings is 1. The van der Waals surface area contributed by atoms with Crippen LogP contribution in [0.4, 0.5) is 5.13 Å². The summed E-state index contributed by atoms with van der Waals surface area (Å²) < 4.78 is 0. The highest BCUT2D eigenvalue weighted by molar-refractivity contribution is 7.16. The lowest BCUT2D eigenvalue weighted by Gasteiger charge is -2.34. The predicted molar refractivity (Wildman–Crippen MR) is 72.0 cm³/mol. The summed E-state index contributed by atoms with van der Waals surface area (Å²) in [5, 5.41) is 10.5. The van der Waals surface area contributed by atoms with Crippen molar-refractivity contribution in [1.82, 2.24) is 9.88 Å². The van der Waals surface area contributed by atoms with Gasteiger partial charge in [-0.1, -0.05) is 22.9 Å². The molecule has 4 nitrogen and oxygen atoms in total. The molecule has 17 heavy (non-hydrogen) atoms. The molecule has 1 aromatic rings. The molecule has 0 atom stereocenters. The van der Waals surface area contributed by atoms with Crippen molar-refractivity contribution in [3.63, 3.8) is 0 Å². The number of nitrogens with zero attached hydrogens (tertiary/aromatic N) is 3. The Morgan fingerprint density at radius 2 is 2.12 bits per heavy atom. The van der Waals surface area contributed by atoms with Gasteiger partial charge in [0.1, 0.15) is 5.15 Å². The fourth-order valence-corrected chi connectivity index (χ4v) is 3.30. The van der Waals surface area contributed by atoms with E-state index in [1.54, 1.807) is 0 Å². The van der Waals surface area contributed by atoms with E-state index in [-0.39, 0.29) is 6.61 Å². The van der Waals surface area contributed by atoms with Crippen molar-refractivity contribution in [2.24, 2.45) is 0 Å². The number of aliphatic hydroxyl groups is 1. The van der Waals surface area contributed by atoms with E-state index < -0.39 is 0 Å². The van der Waals surface area contributed by atoms with Gasteiger partial charge >= 0.3 is 0 Å². The van der Waals surface area contributed by atoms with Crippen LogP contribution in [0.3, 0.4) is 0 Å². The van der Waals surface area contributed by atoms with Gasteiger partial charge in [-0.05, 0) is 26.9 Å². The van der Waals surface area contributed by atoms with Crippen LogP contribution >= 0.6 is 22.9 Å². The van der Waals surface area contributed by atoms with Crippen molar-refractivity contribution in [1.29, 1.82) is 0 Å². The molecule has 0 bridgehead atoms. The lowest BCUT2D eigenvalue weighted by molar-refractivity contribution is 0.249. The van der Waals surface area contributed by atoms with Crippen LogP contribution in [0.15, 0.2) is 0 Å². The lowest BCUT2D eigenvalue weighted by Crippen LogP contribution is -2.41. The molecule has 6 heteroatoms. The summed E-state index contributed by atoms with van der Waals surface area (Å²) in [5.41, 5.74) is 0. The summed E-state index contributed by atoms with van der Waals surface area (Å²) in [5.74, 6) is 0. The van der Waals surface area contributed by atoms with Gasteiger partial charge in [0.05, 0.1) is 11.5 Å². The molecule has 1 N–H and O–H groups in total. The molecule has 0 unspecified atom stereocenters. The number of rotatable bonds is 3. The van der Waals surface area contributed by atoms with E-state index in [0.29, 0.717) is 11.2 Å². The molecule has 1 aliphatic heterocycles. The normalized spacial score (nSPS) is 18.1. The lowest BCUT2D eigenvalue weighted by atomic mass is 10.0. The van der Waals surface area contributed by atoms with E-state index in [9.17, 15) is 0 Å². The molecule has 0 spiro atoms. The van der Waals surface area contributed by atoms with Crippen molar-refractivity contribution in [3.8, 4) is 0 Å². The highest BCUT2D eigenvalue weighted by Gasteiger charge is 2.23. The van der Waals surface area contributed by atoms with Gasteiger partial charge in [0.25, 0.3) is 0 Å². The van der Waals surface area contributed by atoms with Gasteiger partial charge in [-0.2, -0.15) is 0 Å². The van der Waals surface area contributed by atoms with Crippen molar-refractivity contribution in [3.05, 3.63) is 10.0 Å². The van der Waals surface area contributed by atoms with Crippen LogP contribution in [0.2, 0.25) is 5.15 Å². The Hall–Kier alpha value is -0.360. The Labute approximate surface area is 111 Å². The SMILES string of the molecule is CN(C)C1CCN(c2nc(Cl)c(CO)s2)CC1. The number of piperidine rings is 1. The highest BCUT2D eigenvalue weighted by atomic mass is 35.5. The summed E-state index contributed by atoms with van der Waals surface area (Å²) in [4.78, 5) is 9.61. The molecular weight excluding hydrogens is 258 g/mol. The molecule has 1 aromatic heterocycles. The molecule has 0 aromatic carbocycles. The number of hydrogen-bond acceptors (Lipinski definition) is 5. The smallest absolute Gasteiger partial charge is 0.187 e. The molecule has 1 saturated heterocycles. The maximum Gasteiger partial charge on any atom is 0.187 e. The maximum atomic E-state index is 9.11. The standard InChI is InChI=1S/C11H18ClN3OS/c1-14(2)8-3-5-15(6-4-8)11-13-10(12)9(7-16)17-11/h8,16H,3-7H2,1-2H3. The molecular formula is C11H18ClN3OS. The Balaban J connectivity index is 2.00. The molecule has 1 aliphatic rings. The quantitative estimate of drug-likeness (QED) is 0.913. The van der Waals surface area contributed by atoms with Crippen molar-refractivity contribution < 1.29 is 5.11 Å². The second-order valence-electron chi connectivity index (χ2n) is 4.55. The van der Waals surface area contributed by atoms with E-state index >= 15 is 0 Å². The van der Waals surface area contributed by atoms with Crippen LogP contribution in [0.5, 0.6) is 0 Å². The summed E-state index contributed by atoms with van der Waals surface area (Å²) >= 11 is 7.44. The minimum atomic E-state index is -0.0232. The van der Waals surface area contributed by atoms with Crippen LogP contribution in [-0.2, 0) is 6.61 Å². The summed E-state index contributed by atoms with van der Waals surface area (Å²) in [6.45, 7) is 2.00. The van der Waals surface area contributed by atoms with Gasteiger partial charge in [-0.3, -0.25) is 0 Å². The molecule has 2 rings (SSSR count). The van der Waals surface area contributed by atoms with Crippen molar-refractivity contribution in [2.45, 2.75) is 25.5 Å². The summed E-state index contributed by atoms with van der Waals surface area (Å²) in [6.07, 6.45) is 2.30. The van der Waals surface area contributed by atoms with E-state index in [0.717, 1.165) is 35.9 Å². The fraction of sp³-hybridized carbons (Fsp3) is 0.727. The molecule has 0 amide bonds. The number of aromatic nitrogens is 1. The maximum absolute atomic E-state index is 9.11. The minimum absolute atomic E-state index is 0.0232. The third-order valence-corrected chi connectivity index (χ3v) is 4.77. The third kappa shape index (κ3) is 2.91. The first-order valence-corrected chi connectivity index (χ1v) is 6.98. The van der Waals surface area contributed by atoms with Crippen LogP contribution in [0.25, 0.3) is 0 Å². The van der Waals surface area contributed by atoms with Crippen LogP contribution in [0.1, 0.15) is 17.7 Å². The zero-order valence-electron chi connectivity index (χ0n) is 10.2. The number of anilines is 1. The zero-order chi connectivity index (χ0) is 12.4. The molecule has 2 heterocycles. The van der Waals surface area contributed by atoms with Crippen molar-refractivity contribution >= 4 is 28.1 Å². The molecule has 96 valence electrons. The second kappa shape index (κ2) is 5.52. The van der Waals surface area contributed by atoms with Gasteiger partial charge in [0, 0.05) is 19.1 Å². The second-order valence-corrected chi connectivity index (χ2v) is 5.97. The Kier molecular flexibility index (Phi) is 4.25.